The zero-order valence-electron chi connectivity index (χ0n) is 11.3. The third-order valence-corrected chi connectivity index (χ3v) is 7.51. The molecule has 0 aliphatic rings. The van der Waals surface area contributed by atoms with Crippen molar-refractivity contribution in [3.8, 4) is 0 Å². The first-order valence-electron chi connectivity index (χ1n) is 5.97. The van der Waals surface area contributed by atoms with E-state index in [1.54, 1.807) is 44.2 Å². The van der Waals surface area contributed by atoms with Crippen molar-refractivity contribution in [1.82, 2.24) is 0 Å². The van der Waals surface area contributed by atoms with Crippen LogP contribution in [0.3, 0.4) is 0 Å². The highest BCUT2D eigenvalue weighted by atomic mass is 32.2. The molecule has 1 rings (SSSR count). The Hall–Kier alpha value is -0.680. The van der Waals surface area contributed by atoms with Crippen LogP contribution >= 0.6 is 7.60 Å². The molecule has 0 amide bonds. The zero-order chi connectivity index (χ0) is 14.5. The van der Waals surface area contributed by atoms with Gasteiger partial charge in [0.25, 0.3) is 0 Å². The molecule has 0 heterocycles. The molecule has 1 aromatic carbocycles. The molecule has 0 saturated carbocycles. The highest BCUT2D eigenvalue weighted by molar-refractivity contribution is 7.97. The van der Waals surface area contributed by atoms with Gasteiger partial charge in [0, 0.05) is 6.26 Å². The van der Waals surface area contributed by atoms with Crippen LogP contribution < -0.4 is 0 Å². The lowest BCUT2D eigenvalue weighted by Crippen LogP contribution is -2.15. The number of hydrogen-bond donors (Lipinski definition) is 0. The summed E-state index contributed by atoms with van der Waals surface area (Å²) in [6.45, 7) is 3.54. The summed E-state index contributed by atoms with van der Waals surface area (Å²) in [6.07, 6.45) is 1.04. The van der Waals surface area contributed by atoms with Crippen molar-refractivity contribution < 1.29 is 22.0 Å². The Morgan fingerprint density at radius 2 is 1.58 bits per heavy atom. The number of sulfone groups is 1. The maximum absolute atomic E-state index is 12.7. The van der Waals surface area contributed by atoms with E-state index in [0.717, 1.165) is 6.26 Å². The molecule has 1 aromatic rings. The molecule has 19 heavy (non-hydrogen) atoms. The fraction of sp³-hybridized carbons (Fsp3) is 0.500. The van der Waals surface area contributed by atoms with E-state index in [0.29, 0.717) is 5.56 Å². The van der Waals surface area contributed by atoms with E-state index in [-0.39, 0.29) is 13.2 Å². The normalized spacial score (nSPS) is 14.3. The second-order valence-corrected chi connectivity index (χ2v) is 8.56. The molecule has 5 nitrogen and oxygen atoms in total. The molecule has 7 heteroatoms. The summed E-state index contributed by atoms with van der Waals surface area (Å²) in [5.74, 6) is 0. The Bertz CT molecular complexity index is 530. The predicted molar refractivity (Wildman–Crippen MR) is 74.9 cm³/mol. The molecule has 0 spiro atoms. The van der Waals surface area contributed by atoms with Crippen LogP contribution in [0.25, 0.3) is 0 Å². The number of hydrogen-bond acceptors (Lipinski definition) is 5. The quantitative estimate of drug-likeness (QED) is 0.724. The molecule has 1 unspecified atom stereocenters. The monoisotopic (exact) mass is 306 g/mol. The van der Waals surface area contributed by atoms with Gasteiger partial charge in [0.2, 0.25) is 0 Å². The van der Waals surface area contributed by atoms with Crippen molar-refractivity contribution in [3.63, 3.8) is 0 Å². The molecule has 0 fully saturated rings. The first kappa shape index (κ1) is 16.4. The van der Waals surface area contributed by atoms with E-state index in [1.807, 2.05) is 0 Å². The van der Waals surface area contributed by atoms with E-state index in [4.69, 9.17) is 9.05 Å². The van der Waals surface area contributed by atoms with Crippen molar-refractivity contribution in [2.45, 2.75) is 18.8 Å². The van der Waals surface area contributed by atoms with Gasteiger partial charge in [0.1, 0.15) is 0 Å². The molecule has 0 saturated heterocycles. The van der Waals surface area contributed by atoms with Crippen LogP contribution in [0.1, 0.15) is 24.4 Å². The van der Waals surface area contributed by atoms with E-state index < -0.39 is 22.4 Å². The van der Waals surface area contributed by atoms with Gasteiger partial charge in [0.15, 0.2) is 14.8 Å². The van der Waals surface area contributed by atoms with Crippen LogP contribution in [0, 0.1) is 0 Å². The van der Waals surface area contributed by atoms with Gasteiger partial charge in [0.05, 0.1) is 13.2 Å². The Kier molecular flexibility index (Phi) is 5.74. The predicted octanol–water partition coefficient (Wildman–Crippen LogP) is 3.00. The summed E-state index contributed by atoms with van der Waals surface area (Å²) < 4.78 is 47.1. The van der Waals surface area contributed by atoms with Gasteiger partial charge in [-0.1, -0.05) is 30.3 Å². The fourth-order valence-electron chi connectivity index (χ4n) is 1.81. The molecule has 0 radical (unpaired) electrons. The van der Waals surface area contributed by atoms with Crippen molar-refractivity contribution in [2.75, 3.05) is 19.5 Å². The van der Waals surface area contributed by atoms with Crippen molar-refractivity contribution >= 4 is 17.4 Å². The van der Waals surface area contributed by atoms with Gasteiger partial charge in [-0.25, -0.2) is 8.42 Å². The zero-order valence-corrected chi connectivity index (χ0v) is 13.0. The SMILES string of the molecule is CCOP(=O)(OCC)C(c1ccccc1)S(C)(=O)=O. The minimum Gasteiger partial charge on any atom is -0.308 e. The average Bonchev–Trinajstić information content (AvgIpc) is 2.28. The van der Waals surface area contributed by atoms with Crippen LogP contribution in [-0.2, 0) is 23.4 Å². The Morgan fingerprint density at radius 3 is 1.95 bits per heavy atom. The molecule has 0 N–H and O–H groups in total. The minimum atomic E-state index is -3.76. The summed E-state index contributed by atoms with van der Waals surface area (Å²) in [4.78, 5) is -1.29. The van der Waals surface area contributed by atoms with Gasteiger partial charge in [-0.3, -0.25) is 4.57 Å². The topological polar surface area (TPSA) is 69.7 Å². The second-order valence-electron chi connectivity index (χ2n) is 3.97. The maximum atomic E-state index is 12.7. The largest absolute Gasteiger partial charge is 0.353 e. The van der Waals surface area contributed by atoms with Gasteiger partial charge in [-0.15, -0.1) is 0 Å². The van der Waals surface area contributed by atoms with Gasteiger partial charge in [-0.2, -0.15) is 0 Å². The summed E-state index contributed by atoms with van der Waals surface area (Å²) >= 11 is 0. The van der Waals surface area contributed by atoms with E-state index in [9.17, 15) is 13.0 Å². The third-order valence-electron chi connectivity index (χ3n) is 2.40. The first-order chi connectivity index (χ1) is 8.85. The van der Waals surface area contributed by atoms with Crippen molar-refractivity contribution in [3.05, 3.63) is 35.9 Å². The molecule has 0 aliphatic carbocycles. The van der Waals surface area contributed by atoms with Crippen molar-refractivity contribution in [2.24, 2.45) is 0 Å². The van der Waals surface area contributed by atoms with Crippen LogP contribution in [0.2, 0.25) is 0 Å². The molecule has 0 aromatic heterocycles. The van der Waals surface area contributed by atoms with E-state index >= 15 is 0 Å². The molecular formula is C12H19O5PS. The van der Waals surface area contributed by atoms with Crippen molar-refractivity contribution in [1.29, 1.82) is 0 Å². The smallest absolute Gasteiger partial charge is 0.308 e. The molecular weight excluding hydrogens is 287 g/mol. The fourth-order valence-corrected chi connectivity index (χ4v) is 6.31. The van der Waals surface area contributed by atoms with Gasteiger partial charge in [-0.05, 0) is 19.4 Å². The molecule has 1 atom stereocenters. The Balaban J connectivity index is 3.36. The highest BCUT2D eigenvalue weighted by Crippen LogP contribution is 2.62. The minimum absolute atomic E-state index is 0.121. The summed E-state index contributed by atoms with van der Waals surface area (Å²) in [6, 6.07) is 8.35. The van der Waals surface area contributed by atoms with E-state index in [1.165, 1.54) is 0 Å². The summed E-state index contributed by atoms with van der Waals surface area (Å²) in [7, 11) is -7.39. The average molecular weight is 306 g/mol. The highest BCUT2D eigenvalue weighted by Gasteiger charge is 2.44. The second kappa shape index (κ2) is 6.66. The standard InChI is InChI=1S/C12H19O5PS/c1-4-16-18(13,17-5-2)12(19(3,14)15)11-9-7-6-8-10-11/h6-10,12H,4-5H2,1-3H3. The van der Waals surface area contributed by atoms with Crippen LogP contribution in [-0.4, -0.2) is 27.9 Å². The Morgan fingerprint density at radius 1 is 1.11 bits per heavy atom. The maximum Gasteiger partial charge on any atom is 0.353 e. The molecule has 0 bridgehead atoms. The van der Waals surface area contributed by atoms with Gasteiger partial charge >= 0.3 is 7.60 Å². The van der Waals surface area contributed by atoms with Crippen LogP contribution in [0.15, 0.2) is 30.3 Å². The van der Waals surface area contributed by atoms with Crippen LogP contribution in [0.4, 0.5) is 0 Å². The van der Waals surface area contributed by atoms with Gasteiger partial charge < -0.3 is 9.05 Å². The Labute approximate surface area is 114 Å². The summed E-state index contributed by atoms with van der Waals surface area (Å²) in [5.41, 5.74) is 0.412. The molecule has 0 aliphatic heterocycles. The number of benzene rings is 1. The first-order valence-corrected chi connectivity index (χ1v) is 9.54. The lowest BCUT2D eigenvalue weighted by Gasteiger charge is -2.25. The summed E-state index contributed by atoms with van der Waals surface area (Å²) in [5, 5.41) is 0. The third kappa shape index (κ3) is 4.14. The lowest BCUT2D eigenvalue weighted by molar-refractivity contribution is 0.218. The molecule has 108 valence electrons. The van der Waals surface area contributed by atoms with E-state index in [2.05, 4.69) is 0 Å². The van der Waals surface area contributed by atoms with Crippen LogP contribution in [0.5, 0.6) is 0 Å². The lowest BCUT2D eigenvalue weighted by atomic mass is 10.2. The number of rotatable bonds is 7.